The molecule has 0 unspecified atom stereocenters. The average Bonchev–Trinajstić information content (AvgIpc) is 2.38. The second kappa shape index (κ2) is 5.32. The third kappa shape index (κ3) is 2.95. The van der Waals surface area contributed by atoms with Crippen molar-refractivity contribution in [3.05, 3.63) is 60.7 Å². The van der Waals surface area contributed by atoms with Crippen LogP contribution in [0.2, 0.25) is 0 Å². The van der Waals surface area contributed by atoms with Crippen LogP contribution < -0.4 is 16.2 Å². The van der Waals surface area contributed by atoms with Gasteiger partial charge in [0.2, 0.25) is 0 Å². The Kier molecular flexibility index (Phi) is 3.57. The molecule has 0 saturated carbocycles. The van der Waals surface area contributed by atoms with Crippen LogP contribution in [0.5, 0.6) is 0 Å². The molecule has 3 N–H and O–H groups in total. The van der Waals surface area contributed by atoms with Crippen LogP contribution in [0.25, 0.3) is 0 Å². The number of hydrogen-bond donors (Lipinski definition) is 2. The Morgan fingerprint density at radius 1 is 0.882 bits per heavy atom. The van der Waals surface area contributed by atoms with Gasteiger partial charge in [0.1, 0.15) is 0 Å². The fourth-order valence-electron chi connectivity index (χ4n) is 1.54. The molecule has 0 aliphatic carbocycles. The number of nitrogens with zero attached hydrogens (tertiary/aromatic N) is 1. The Hall–Kier alpha value is -2.07. The minimum absolute atomic E-state index is 0.234. The van der Waals surface area contributed by atoms with Crippen molar-refractivity contribution in [2.24, 2.45) is 5.73 Å². The maximum absolute atomic E-state index is 5.55. The van der Waals surface area contributed by atoms with Crippen molar-refractivity contribution in [1.82, 2.24) is 5.43 Å². The van der Waals surface area contributed by atoms with Crippen LogP contribution in [0.3, 0.4) is 0 Å². The second-order valence-electron chi connectivity index (χ2n) is 3.48. The van der Waals surface area contributed by atoms with Gasteiger partial charge in [-0.05, 0) is 36.5 Å². The van der Waals surface area contributed by atoms with Crippen LogP contribution in [0.4, 0.5) is 11.4 Å². The van der Waals surface area contributed by atoms with Crippen molar-refractivity contribution in [1.29, 1.82) is 0 Å². The van der Waals surface area contributed by atoms with E-state index in [1.165, 1.54) is 0 Å². The number of rotatable bonds is 3. The zero-order valence-corrected chi connectivity index (χ0v) is 10.0. The zero-order valence-electron chi connectivity index (χ0n) is 9.21. The maximum Gasteiger partial charge on any atom is 0.183 e. The second-order valence-corrected chi connectivity index (χ2v) is 3.92. The lowest BCUT2D eigenvalue weighted by molar-refractivity contribution is 0.937. The number of nitrogens with two attached hydrogens (primary N) is 1. The SMILES string of the molecule is NC(=S)NN(c1ccccc1)c1ccccc1. The van der Waals surface area contributed by atoms with E-state index in [1.807, 2.05) is 65.7 Å². The lowest BCUT2D eigenvalue weighted by atomic mass is 10.2. The third-order valence-electron chi connectivity index (χ3n) is 2.25. The minimum Gasteiger partial charge on any atom is -0.375 e. The normalized spacial score (nSPS) is 9.65. The number of hydrazine groups is 1. The zero-order chi connectivity index (χ0) is 12.1. The summed E-state index contributed by atoms with van der Waals surface area (Å²) in [5.41, 5.74) is 10.5. The van der Waals surface area contributed by atoms with E-state index < -0.39 is 0 Å². The molecule has 3 nitrogen and oxygen atoms in total. The Bertz CT molecular complexity index is 445. The van der Waals surface area contributed by atoms with Crippen LogP contribution in [0.15, 0.2) is 60.7 Å². The molecule has 0 aromatic heterocycles. The molecule has 0 radical (unpaired) electrons. The molecule has 0 amide bonds. The van der Waals surface area contributed by atoms with E-state index >= 15 is 0 Å². The molecule has 17 heavy (non-hydrogen) atoms. The summed E-state index contributed by atoms with van der Waals surface area (Å²) in [6.07, 6.45) is 0. The van der Waals surface area contributed by atoms with Gasteiger partial charge in [-0.15, -0.1) is 0 Å². The molecule has 0 aliphatic heterocycles. The first-order chi connectivity index (χ1) is 8.27. The molecular weight excluding hydrogens is 230 g/mol. The van der Waals surface area contributed by atoms with E-state index in [0.29, 0.717) is 0 Å². The molecular formula is C13H13N3S. The first-order valence-electron chi connectivity index (χ1n) is 5.23. The molecule has 0 aliphatic rings. The number of thiocarbonyl (C=S) groups is 1. The predicted molar refractivity (Wildman–Crippen MR) is 74.9 cm³/mol. The molecule has 0 saturated heterocycles. The Labute approximate surface area is 106 Å². The van der Waals surface area contributed by atoms with Crippen molar-refractivity contribution in [2.45, 2.75) is 0 Å². The lowest BCUT2D eigenvalue weighted by Gasteiger charge is -2.25. The largest absolute Gasteiger partial charge is 0.375 e. The topological polar surface area (TPSA) is 41.3 Å². The fourth-order valence-corrected chi connectivity index (χ4v) is 1.63. The average molecular weight is 243 g/mol. The van der Waals surface area contributed by atoms with Gasteiger partial charge in [-0.3, -0.25) is 10.4 Å². The highest BCUT2D eigenvalue weighted by Gasteiger charge is 2.08. The molecule has 0 fully saturated rings. The smallest absolute Gasteiger partial charge is 0.183 e. The van der Waals surface area contributed by atoms with Gasteiger partial charge in [-0.1, -0.05) is 36.4 Å². The van der Waals surface area contributed by atoms with Gasteiger partial charge in [-0.25, -0.2) is 0 Å². The van der Waals surface area contributed by atoms with Gasteiger partial charge in [-0.2, -0.15) is 0 Å². The third-order valence-corrected chi connectivity index (χ3v) is 2.34. The number of hydrogen-bond acceptors (Lipinski definition) is 2. The van der Waals surface area contributed by atoms with Crippen molar-refractivity contribution in [3.8, 4) is 0 Å². The molecule has 0 spiro atoms. The van der Waals surface area contributed by atoms with Gasteiger partial charge in [0, 0.05) is 0 Å². The number of benzene rings is 2. The predicted octanol–water partition coefficient (Wildman–Crippen LogP) is 2.57. The van der Waals surface area contributed by atoms with Gasteiger partial charge in [0.05, 0.1) is 11.4 Å². The van der Waals surface area contributed by atoms with Crippen LogP contribution in [-0.4, -0.2) is 5.11 Å². The summed E-state index contributed by atoms with van der Waals surface area (Å²) in [4.78, 5) is 0. The summed E-state index contributed by atoms with van der Waals surface area (Å²) in [6, 6.07) is 19.7. The quantitative estimate of drug-likeness (QED) is 0.642. The lowest BCUT2D eigenvalue weighted by Crippen LogP contribution is -2.42. The Morgan fingerprint density at radius 3 is 1.65 bits per heavy atom. The molecule has 2 rings (SSSR count). The number of nitrogens with one attached hydrogen (secondary N) is 1. The van der Waals surface area contributed by atoms with Crippen molar-refractivity contribution < 1.29 is 0 Å². The Morgan fingerprint density at radius 2 is 1.29 bits per heavy atom. The van der Waals surface area contributed by atoms with Gasteiger partial charge < -0.3 is 5.73 Å². The summed E-state index contributed by atoms with van der Waals surface area (Å²) in [7, 11) is 0. The van der Waals surface area contributed by atoms with E-state index in [0.717, 1.165) is 11.4 Å². The summed E-state index contributed by atoms with van der Waals surface area (Å²) in [6.45, 7) is 0. The maximum atomic E-state index is 5.55. The molecule has 4 heteroatoms. The van der Waals surface area contributed by atoms with Crippen LogP contribution >= 0.6 is 12.2 Å². The first kappa shape index (κ1) is 11.4. The fraction of sp³-hybridized carbons (Fsp3) is 0. The summed E-state index contributed by atoms with van der Waals surface area (Å²) in [5, 5.41) is 2.08. The van der Waals surface area contributed by atoms with Gasteiger partial charge >= 0.3 is 0 Å². The monoisotopic (exact) mass is 243 g/mol. The molecule has 0 heterocycles. The van der Waals surface area contributed by atoms with Crippen molar-refractivity contribution in [3.63, 3.8) is 0 Å². The van der Waals surface area contributed by atoms with E-state index in [1.54, 1.807) is 0 Å². The van der Waals surface area contributed by atoms with Gasteiger partial charge in [0.15, 0.2) is 5.11 Å². The molecule has 0 atom stereocenters. The van der Waals surface area contributed by atoms with Gasteiger partial charge in [0.25, 0.3) is 0 Å². The number of anilines is 2. The standard InChI is InChI=1S/C13H13N3S/c14-13(17)15-16(11-7-3-1-4-8-11)12-9-5-2-6-10-12/h1-10H,(H3,14,15,17). The highest BCUT2D eigenvalue weighted by atomic mass is 32.1. The summed E-state index contributed by atoms with van der Waals surface area (Å²) in [5.74, 6) is 0. The van der Waals surface area contributed by atoms with Crippen LogP contribution in [0.1, 0.15) is 0 Å². The highest BCUT2D eigenvalue weighted by molar-refractivity contribution is 7.80. The minimum atomic E-state index is 0.234. The number of para-hydroxylation sites is 2. The molecule has 2 aromatic rings. The van der Waals surface area contributed by atoms with E-state index in [-0.39, 0.29) is 5.11 Å². The van der Waals surface area contributed by atoms with E-state index in [4.69, 9.17) is 18.0 Å². The Balaban J connectivity index is 2.36. The van der Waals surface area contributed by atoms with Crippen LogP contribution in [0, 0.1) is 0 Å². The van der Waals surface area contributed by atoms with Crippen LogP contribution in [-0.2, 0) is 0 Å². The van der Waals surface area contributed by atoms with E-state index in [2.05, 4.69) is 5.43 Å². The highest BCUT2D eigenvalue weighted by Crippen LogP contribution is 2.22. The van der Waals surface area contributed by atoms with E-state index in [9.17, 15) is 0 Å². The summed E-state index contributed by atoms with van der Waals surface area (Å²) < 4.78 is 0. The van der Waals surface area contributed by atoms with Crippen molar-refractivity contribution >= 4 is 28.7 Å². The summed E-state index contributed by atoms with van der Waals surface area (Å²) >= 11 is 4.90. The first-order valence-corrected chi connectivity index (χ1v) is 5.64. The van der Waals surface area contributed by atoms with Crippen molar-refractivity contribution in [2.75, 3.05) is 5.01 Å². The molecule has 2 aromatic carbocycles. The molecule has 0 bridgehead atoms. The molecule has 86 valence electrons.